The highest BCUT2D eigenvalue weighted by Crippen LogP contribution is 2.32. The van der Waals surface area contributed by atoms with Crippen molar-refractivity contribution in [2.45, 2.75) is 71.6 Å². The molecule has 8 heteroatoms. The number of hydrogen-bond donors (Lipinski definition) is 2. The minimum Gasteiger partial charge on any atom is -0.489 e. The van der Waals surface area contributed by atoms with Gasteiger partial charge in [-0.2, -0.15) is 0 Å². The van der Waals surface area contributed by atoms with E-state index in [0.717, 1.165) is 57.6 Å². The lowest BCUT2D eigenvalue weighted by atomic mass is 9.90. The van der Waals surface area contributed by atoms with E-state index in [1.807, 2.05) is 19.9 Å². The van der Waals surface area contributed by atoms with Gasteiger partial charge >= 0.3 is 6.03 Å². The van der Waals surface area contributed by atoms with E-state index < -0.39 is 0 Å². The highest BCUT2D eigenvalue weighted by molar-refractivity contribution is 6.39. The van der Waals surface area contributed by atoms with Crippen molar-refractivity contribution < 1.29 is 9.53 Å². The number of ether oxygens (including phenoxy) is 1. The number of nitrogens with zero attached hydrogens (tertiary/aromatic N) is 2. The minimum atomic E-state index is -0.255. The average Bonchev–Trinajstić information content (AvgIpc) is 2.88. The third-order valence-electron chi connectivity index (χ3n) is 6.63. The van der Waals surface area contributed by atoms with Gasteiger partial charge in [0.05, 0.1) is 27.5 Å². The highest BCUT2D eigenvalue weighted by Gasteiger charge is 2.29. The molecule has 2 amide bonds. The Labute approximate surface area is 226 Å². The van der Waals surface area contributed by atoms with Crippen LogP contribution in [0, 0.1) is 0 Å². The average molecular weight is 536 g/mol. The molecule has 0 aromatic heterocycles. The third-order valence-corrected chi connectivity index (χ3v) is 7.26. The zero-order valence-corrected chi connectivity index (χ0v) is 23.4. The molecule has 2 aliphatic rings. The summed E-state index contributed by atoms with van der Waals surface area (Å²) in [5.74, 6) is 0.967. The quantitative estimate of drug-likeness (QED) is 0.416. The van der Waals surface area contributed by atoms with Gasteiger partial charge in [0.15, 0.2) is 0 Å². The molecule has 2 aromatic carbocycles. The monoisotopic (exact) mass is 534 g/mol. The van der Waals surface area contributed by atoms with Crippen LogP contribution in [-0.4, -0.2) is 55.3 Å². The number of rotatable bonds is 6. The van der Waals surface area contributed by atoms with Gasteiger partial charge in [0.25, 0.3) is 0 Å². The Kier molecular flexibility index (Phi) is 11.0. The van der Waals surface area contributed by atoms with Crippen LogP contribution in [0.15, 0.2) is 42.5 Å². The van der Waals surface area contributed by atoms with Crippen molar-refractivity contribution in [3.63, 3.8) is 0 Å². The van der Waals surface area contributed by atoms with Crippen LogP contribution in [0.25, 0.3) is 0 Å². The van der Waals surface area contributed by atoms with Crippen LogP contribution in [-0.2, 0) is 0 Å². The molecular weight excluding hydrogens is 495 g/mol. The second-order valence-corrected chi connectivity index (χ2v) is 10.2. The summed E-state index contributed by atoms with van der Waals surface area (Å²) in [4.78, 5) is 17.5. The first-order valence-electron chi connectivity index (χ1n) is 13.2. The number of hydrogen-bond acceptors (Lipinski definition) is 4. The van der Waals surface area contributed by atoms with Gasteiger partial charge < -0.3 is 20.3 Å². The highest BCUT2D eigenvalue weighted by atomic mass is 35.5. The van der Waals surface area contributed by atoms with Crippen LogP contribution in [0.4, 0.5) is 16.2 Å². The fourth-order valence-corrected chi connectivity index (χ4v) is 5.43. The second kappa shape index (κ2) is 14.0. The molecule has 6 nitrogen and oxygen atoms in total. The van der Waals surface area contributed by atoms with Crippen molar-refractivity contribution in [1.82, 2.24) is 10.2 Å². The second-order valence-electron chi connectivity index (χ2n) is 9.36. The molecule has 0 atom stereocenters. The number of carbonyl (C=O) groups excluding carboxylic acids is 1. The Bertz CT molecular complexity index is 952. The lowest BCUT2D eigenvalue weighted by Crippen LogP contribution is -2.52. The Balaban J connectivity index is 0.00000176. The van der Waals surface area contributed by atoms with Gasteiger partial charge in [0, 0.05) is 38.3 Å². The van der Waals surface area contributed by atoms with E-state index in [1.54, 1.807) is 18.2 Å². The smallest absolute Gasteiger partial charge is 0.319 e. The summed E-state index contributed by atoms with van der Waals surface area (Å²) < 4.78 is 6.03. The van der Waals surface area contributed by atoms with Crippen LogP contribution in [0.3, 0.4) is 0 Å². The van der Waals surface area contributed by atoms with Crippen molar-refractivity contribution >= 4 is 40.6 Å². The Morgan fingerprint density at radius 1 is 0.917 bits per heavy atom. The number of nitrogens with one attached hydrogen (secondary N) is 2. The maximum Gasteiger partial charge on any atom is 0.319 e. The predicted octanol–water partition coefficient (Wildman–Crippen LogP) is 7.06. The van der Waals surface area contributed by atoms with Crippen LogP contribution in [0.2, 0.25) is 10.0 Å². The van der Waals surface area contributed by atoms with Gasteiger partial charge in [-0.1, -0.05) is 55.2 Å². The summed E-state index contributed by atoms with van der Waals surface area (Å²) in [5.41, 5.74) is 1.64. The first-order valence-corrected chi connectivity index (χ1v) is 13.9. The maximum atomic E-state index is 12.5. The van der Waals surface area contributed by atoms with Gasteiger partial charge in [0.1, 0.15) is 5.75 Å². The summed E-state index contributed by atoms with van der Waals surface area (Å²) >= 11 is 12.3. The van der Waals surface area contributed by atoms with Crippen LogP contribution >= 0.6 is 23.2 Å². The first-order chi connectivity index (χ1) is 17.4. The lowest BCUT2D eigenvalue weighted by molar-refractivity contribution is 0.137. The van der Waals surface area contributed by atoms with Gasteiger partial charge in [-0.15, -0.1) is 0 Å². The number of amides is 2. The third kappa shape index (κ3) is 7.67. The molecule has 36 heavy (non-hydrogen) atoms. The molecule has 1 heterocycles. The lowest BCUT2D eigenvalue weighted by Gasteiger charge is -2.43. The zero-order valence-electron chi connectivity index (χ0n) is 21.9. The molecule has 0 unspecified atom stereocenters. The van der Waals surface area contributed by atoms with E-state index in [1.165, 1.54) is 5.69 Å². The SMILES string of the molecule is CC.CC(C)Oc1ccccc1N1CCN(C2CCC(NC(=O)Nc3c(Cl)cccc3Cl)CC2)CC1. The van der Waals surface area contributed by atoms with E-state index in [-0.39, 0.29) is 18.2 Å². The number of carbonyl (C=O) groups is 1. The van der Waals surface area contributed by atoms with E-state index in [0.29, 0.717) is 21.8 Å². The normalized spacial score (nSPS) is 20.4. The molecule has 4 rings (SSSR count). The molecule has 0 bridgehead atoms. The molecule has 1 aliphatic carbocycles. The summed E-state index contributed by atoms with van der Waals surface area (Å²) in [5, 5.41) is 6.75. The van der Waals surface area contributed by atoms with Gasteiger partial charge in [0.2, 0.25) is 0 Å². The van der Waals surface area contributed by atoms with E-state index in [9.17, 15) is 4.79 Å². The topological polar surface area (TPSA) is 56.8 Å². The number of benzene rings is 2. The van der Waals surface area contributed by atoms with E-state index in [4.69, 9.17) is 27.9 Å². The molecule has 0 radical (unpaired) electrons. The minimum absolute atomic E-state index is 0.162. The van der Waals surface area contributed by atoms with E-state index >= 15 is 0 Å². The summed E-state index contributed by atoms with van der Waals surface area (Å²) in [6.45, 7) is 12.2. The first kappa shape index (κ1) is 28.4. The zero-order chi connectivity index (χ0) is 26.1. The molecule has 1 saturated carbocycles. The van der Waals surface area contributed by atoms with Crippen LogP contribution in [0.5, 0.6) is 5.75 Å². The number of para-hydroxylation sites is 3. The summed E-state index contributed by atoms with van der Waals surface area (Å²) in [7, 11) is 0. The van der Waals surface area contributed by atoms with Crippen molar-refractivity contribution in [3.05, 3.63) is 52.5 Å². The Morgan fingerprint density at radius 2 is 1.53 bits per heavy atom. The van der Waals surface area contributed by atoms with Crippen LogP contribution in [0.1, 0.15) is 53.4 Å². The number of urea groups is 1. The maximum absolute atomic E-state index is 12.5. The fraction of sp³-hybridized carbons (Fsp3) is 0.536. The number of anilines is 2. The Hall–Kier alpha value is -2.15. The fourth-order valence-electron chi connectivity index (χ4n) is 4.94. The molecule has 2 N–H and O–H groups in total. The molecule has 2 fully saturated rings. The van der Waals surface area contributed by atoms with Crippen molar-refractivity contribution in [3.8, 4) is 5.75 Å². The van der Waals surface area contributed by atoms with Crippen LogP contribution < -0.4 is 20.3 Å². The Morgan fingerprint density at radius 3 is 2.14 bits per heavy atom. The standard InChI is InChI=1S/C26H34Cl2N4O2.C2H6/c1-18(2)34-24-9-4-3-8-23(24)32-16-14-31(15-17-32)20-12-10-19(11-13-20)29-26(33)30-25-21(27)6-5-7-22(25)28;1-2/h3-9,18-20H,10-17H2,1-2H3,(H2,29,30,33);1-2H3. The molecule has 1 saturated heterocycles. The summed E-state index contributed by atoms with van der Waals surface area (Å²) in [6, 6.07) is 14.0. The van der Waals surface area contributed by atoms with Crippen molar-refractivity contribution in [2.24, 2.45) is 0 Å². The number of piperazine rings is 1. The molecule has 0 spiro atoms. The molecule has 2 aromatic rings. The van der Waals surface area contributed by atoms with Crippen molar-refractivity contribution in [1.29, 1.82) is 0 Å². The summed E-state index contributed by atoms with van der Waals surface area (Å²) in [6.07, 6.45) is 4.28. The molecule has 198 valence electrons. The molecular formula is C28H40Cl2N4O2. The van der Waals surface area contributed by atoms with Gasteiger partial charge in [-0.3, -0.25) is 4.90 Å². The van der Waals surface area contributed by atoms with Gasteiger partial charge in [-0.25, -0.2) is 4.79 Å². The predicted molar refractivity (Wildman–Crippen MR) is 152 cm³/mol. The van der Waals surface area contributed by atoms with Gasteiger partial charge in [-0.05, 0) is 63.8 Å². The molecule has 1 aliphatic heterocycles. The number of halogens is 2. The van der Waals surface area contributed by atoms with Crippen molar-refractivity contribution in [2.75, 3.05) is 36.4 Å². The largest absolute Gasteiger partial charge is 0.489 e. The van der Waals surface area contributed by atoms with E-state index in [2.05, 4.69) is 52.5 Å².